The number of hydrogen-bond acceptors (Lipinski definition) is 7. The molecule has 2 aliphatic heterocycles. The van der Waals surface area contributed by atoms with Crippen LogP contribution in [0, 0.1) is 0 Å². The fourth-order valence-corrected chi connectivity index (χ4v) is 6.73. The lowest BCUT2D eigenvalue weighted by Crippen LogP contribution is -2.35. The first-order valence-electron chi connectivity index (χ1n) is 16.3. The van der Waals surface area contributed by atoms with Crippen molar-refractivity contribution in [3.63, 3.8) is 0 Å². The molecule has 0 aromatic heterocycles. The summed E-state index contributed by atoms with van der Waals surface area (Å²) in [5.74, 6) is 0.178. The highest BCUT2D eigenvalue weighted by Crippen LogP contribution is 2.35. The predicted octanol–water partition coefficient (Wildman–Crippen LogP) is 6.90. The Morgan fingerprint density at radius 1 is 0.891 bits per heavy atom. The Labute approximate surface area is 273 Å². The SMILES string of the molecule is CC1(C)OCc2cc(C3CN(CCCCCCOCCCCc4cccc(S(=O)(=O)NCc5ccccc5)c4)C(=O)O3)ccc2O1. The van der Waals surface area contributed by atoms with Crippen LogP contribution in [0.1, 0.15) is 80.7 Å². The highest BCUT2D eigenvalue weighted by Gasteiger charge is 2.33. The van der Waals surface area contributed by atoms with Crippen LogP contribution < -0.4 is 9.46 Å². The van der Waals surface area contributed by atoms with Gasteiger partial charge in [-0.1, -0.05) is 61.4 Å². The number of sulfonamides is 1. The number of unbranched alkanes of at least 4 members (excludes halogenated alkanes) is 4. The van der Waals surface area contributed by atoms with Crippen LogP contribution in [0.25, 0.3) is 0 Å². The number of amides is 1. The second-order valence-corrected chi connectivity index (χ2v) is 14.2. The van der Waals surface area contributed by atoms with Crippen LogP contribution >= 0.6 is 0 Å². The van der Waals surface area contributed by atoms with Crippen molar-refractivity contribution in [3.05, 3.63) is 95.1 Å². The smallest absolute Gasteiger partial charge is 0.410 e. The van der Waals surface area contributed by atoms with Gasteiger partial charge in [-0.15, -0.1) is 0 Å². The Morgan fingerprint density at radius 2 is 1.65 bits per heavy atom. The number of fused-ring (bicyclic) bond motifs is 1. The predicted molar refractivity (Wildman–Crippen MR) is 176 cm³/mol. The number of cyclic esters (lactones) is 1. The average molecular weight is 651 g/mol. The van der Waals surface area contributed by atoms with E-state index in [9.17, 15) is 13.2 Å². The molecule has 2 heterocycles. The fraction of sp³-hybridized carbons (Fsp3) is 0.472. The van der Waals surface area contributed by atoms with E-state index in [0.717, 1.165) is 79.6 Å². The van der Waals surface area contributed by atoms with Crippen LogP contribution in [0.5, 0.6) is 5.75 Å². The van der Waals surface area contributed by atoms with Gasteiger partial charge < -0.3 is 23.8 Å². The Kier molecular flexibility index (Phi) is 11.7. The highest BCUT2D eigenvalue weighted by molar-refractivity contribution is 7.89. The fourth-order valence-electron chi connectivity index (χ4n) is 5.64. The van der Waals surface area contributed by atoms with Crippen LogP contribution in [-0.4, -0.2) is 51.5 Å². The highest BCUT2D eigenvalue weighted by atomic mass is 32.2. The molecule has 1 atom stereocenters. The maximum Gasteiger partial charge on any atom is 0.410 e. The lowest BCUT2D eigenvalue weighted by atomic mass is 10.0. The number of carbonyl (C=O) groups is 1. The van der Waals surface area contributed by atoms with Gasteiger partial charge in [-0.25, -0.2) is 17.9 Å². The molecule has 5 rings (SSSR count). The molecule has 46 heavy (non-hydrogen) atoms. The second-order valence-electron chi connectivity index (χ2n) is 12.4. The largest absolute Gasteiger partial charge is 0.463 e. The number of aryl methyl sites for hydroxylation is 1. The molecule has 0 spiro atoms. The zero-order valence-electron chi connectivity index (χ0n) is 26.9. The zero-order chi connectivity index (χ0) is 32.4. The van der Waals surface area contributed by atoms with E-state index >= 15 is 0 Å². The van der Waals surface area contributed by atoms with Crippen LogP contribution in [-0.2, 0) is 43.8 Å². The van der Waals surface area contributed by atoms with Crippen molar-refractivity contribution in [1.82, 2.24) is 9.62 Å². The van der Waals surface area contributed by atoms with E-state index in [-0.39, 0.29) is 18.7 Å². The summed E-state index contributed by atoms with van der Waals surface area (Å²) in [6.45, 7) is 7.18. The lowest BCUT2D eigenvalue weighted by molar-refractivity contribution is -0.180. The van der Waals surface area contributed by atoms with Gasteiger partial charge in [0.15, 0.2) is 0 Å². The molecule has 1 saturated heterocycles. The number of benzene rings is 3. The lowest BCUT2D eigenvalue weighted by Gasteiger charge is -2.32. The number of ether oxygens (including phenoxy) is 4. The molecule has 1 N–H and O–H groups in total. The minimum Gasteiger partial charge on any atom is -0.463 e. The summed E-state index contributed by atoms with van der Waals surface area (Å²) in [5.41, 5.74) is 3.86. The molecule has 1 unspecified atom stereocenters. The molecule has 2 aliphatic rings. The van der Waals surface area contributed by atoms with E-state index in [1.54, 1.807) is 23.1 Å². The normalized spacial score (nSPS) is 17.4. The van der Waals surface area contributed by atoms with Crippen molar-refractivity contribution in [2.75, 3.05) is 26.3 Å². The molecular formula is C36H46N2O7S. The molecule has 9 nitrogen and oxygen atoms in total. The van der Waals surface area contributed by atoms with Crippen molar-refractivity contribution in [2.45, 2.75) is 88.7 Å². The first-order chi connectivity index (χ1) is 22.2. The monoisotopic (exact) mass is 650 g/mol. The molecule has 248 valence electrons. The van der Waals surface area contributed by atoms with Crippen molar-refractivity contribution in [3.8, 4) is 5.75 Å². The molecule has 0 aliphatic carbocycles. The maximum atomic E-state index is 12.7. The second kappa shape index (κ2) is 15.9. The summed E-state index contributed by atoms with van der Waals surface area (Å²) in [5, 5.41) is 0. The maximum absolute atomic E-state index is 12.7. The van der Waals surface area contributed by atoms with Crippen molar-refractivity contribution in [1.29, 1.82) is 0 Å². The van der Waals surface area contributed by atoms with Gasteiger partial charge >= 0.3 is 6.09 Å². The van der Waals surface area contributed by atoms with E-state index in [0.29, 0.717) is 31.2 Å². The van der Waals surface area contributed by atoms with Gasteiger partial charge in [-0.05, 0) is 73.1 Å². The molecule has 3 aromatic carbocycles. The van der Waals surface area contributed by atoms with E-state index in [4.69, 9.17) is 18.9 Å². The van der Waals surface area contributed by atoms with E-state index in [1.165, 1.54) is 0 Å². The summed E-state index contributed by atoms with van der Waals surface area (Å²) in [6.07, 6.45) is 6.11. The van der Waals surface area contributed by atoms with Gasteiger partial charge in [-0.3, -0.25) is 0 Å². The van der Waals surface area contributed by atoms with Gasteiger partial charge in [0.1, 0.15) is 11.9 Å². The number of nitrogens with one attached hydrogen (secondary N) is 1. The Hall–Kier alpha value is -3.44. The quantitative estimate of drug-likeness (QED) is 0.159. The number of carbonyl (C=O) groups excluding carboxylic acids is 1. The van der Waals surface area contributed by atoms with E-state index < -0.39 is 15.8 Å². The topological polar surface area (TPSA) is 103 Å². The third-order valence-electron chi connectivity index (χ3n) is 8.26. The Balaban J connectivity index is 0.903. The first kappa shape index (κ1) is 33.9. The van der Waals surface area contributed by atoms with Gasteiger partial charge in [0.05, 0.1) is 18.0 Å². The zero-order valence-corrected chi connectivity index (χ0v) is 27.7. The summed E-state index contributed by atoms with van der Waals surface area (Å²) in [6, 6.07) is 22.6. The summed E-state index contributed by atoms with van der Waals surface area (Å²) < 4.78 is 51.3. The van der Waals surface area contributed by atoms with E-state index in [1.807, 2.05) is 68.4 Å². The summed E-state index contributed by atoms with van der Waals surface area (Å²) >= 11 is 0. The third-order valence-corrected chi connectivity index (χ3v) is 9.66. The molecule has 3 aromatic rings. The van der Waals surface area contributed by atoms with Crippen molar-refractivity contribution in [2.24, 2.45) is 0 Å². The molecule has 1 fully saturated rings. The number of nitrogens with zero attached hydrogens (tertiary/aromatic N) is 1. The van der Waals surface area contributed by atoms with Crippen LogP contribution in [0.3, 0.4) is 0 Å². The molecule has 0 saturated carbocycles. The third kappa shape index (κ3) is 9.78. The molecule has 10 heteroatoms. The van der Waals surface area contributed by atoms with Gasteiger partial charge in [0.2, 0.25) is 15.8 Å². The van der Waals surface area contributed by atoms with Crippen LogP contribution in [0.15, 0.2) is 77.7 Å². The van der Waals surface area contributed by atoms with Crippen LogP contribution in [0.4, 0.5) is 4.79 Å². The molecule has 1 amide bonds. The molecular weight excluding hydrogens is 604 g/mol. The van der Waals surface area contributed by atoms with Gasteiger partial charge in [-0.2, -0.15) is 0 Å². The van der Waals surface area contributed by atoms with Crippen molar-refractivity contribution >= 4 is 16.1 Å². The number of rotatable bonds is 17. The minimum absolute atomic E-state index is 0.257. The Morgan fingerprint density at radius 3 is 2.48 bits per heavy atom. The van der Waals surface area contributed by atoms with Gasteiger partial charge in [0.25, 0.3) is 0 Å². The minimum atomic E-state index is -3.57. The molecule has 0 radical (unpaired) electrons. The van der Waals surface area contributed by atoms with Crippen LogP contribution in [0.2, 0.25) is 0 Å². The number of hydrogen-bond donors (Lipinski definition) is 1. The summed E-state index contributed by atoms with van der Waals surface area (Å²) in [4.78, 5) is 14.5. The van der Waals surface area contributed by atoms with Crippen molar-refractivity contribution < 1.29 is 32.2 Å². The standard InChI is InChI=1S/C36H46N2O7S/c1-36(2)43-27-31-24-30(18-19-33(31)45-36)34-26-38(35(39)44-34)20-9-3-4-10-21-42-22-11-8-13-28-16-12-17-32(23-28)46(40,41)37-25-29-14-6-5-7-15-29/h5-7,12,14-19,23-24,34,37H,3-4,8-11,13,20-22,25-27H2,1-2H3. The first-order valence-corrected chi connectivity index (χ1v) is 17.8. The Bertz CT molecular complexity index is 1540. The molecule has 0 bridgehead atoms. The summed E-state index contributed by atoms with van der Waals surface area (Å²) in [7, 11) is -3.57. The van der Waals surface area contributed by atoms with E-state index in [2.05, 4.69) is 4.72 Å². The van der Waals surface area contributed by atoms with Gasteiger partial charge in [0, 0.05) is 45.7 Å². The average Bonchev–Trinajstić information content (AvgIpc) is 3.42.